The van der Waals surface area contributed by atoms with Crippen LogP contribution in [0.3, 0.4) is 0 Å². The molecule has 0 amide bonds. The third-order valence-electron chi connectivity index (χ3n) is 7.32. The molecule has 0 aliphatic carbocycles. The van der Waals surface area contributed by atoms with Crippen molar-refractivity contribution in [2.45, 2.75) is 59.3 Å². The van der Waals surface area contributed by atoms with Crippen LogP contribution in [0.25, 0.3) is 21.0 Å². The van der Waals surface area contributed by atoms with Gasteiger partial charge in [0.05, 0.1) is 10.3 Å². The molecule has 0 bridgehead atoms. The van der Waals surface area contributed by atoms with Gasteiger partial charge in [0.2, 0.25) is 0 Å². The molecule has 0 fully saturated rings. The van der Waals surface area contributed by atoms with E-state index in [0.717, 1.165) is 20.3 Å². The van der Waals surface area contributed by atoms with Crippen LogP contribution in [-0.2, 0) is 27.5 Å². The topological polar surface area (TPSA) is 117 Å². The largest absolute Gasteiger partial charge is 0.489 e. The number of carbonyl (C=O) groups is 3. The minimum absolute atomic E-state index is 0.114. The number of Topliss-reactive ketones (excluding diaryl/α,β-unsaturated/α-hetero) is 2. The van der Waals surface area contributed by atoms with Gasteiger partial charge in [-0.25, -0.2) is 4.68 Å². The van der Waals surface area contributed by atoms with Crippen molar-refractivity contribution in [3.8, 4) is 5.75 Å². The molecule has 1 atom stereocenters. The smallest absolute Gasteiger partial charge is 0.320 e. The maximum atomic E-state index is 13.8. The third-order valence-corrected chi connectivity index (χ3v) is 8.46. The number of esters is 1. The van der Waals surface area contributed by atoms with E-state index in [-0.39, 0.29) is 18.7 Å². The molecule has 226 valence electrons. The molecule has 0 radical (unpaired) electrons. The zero-order valence-corrected chi connectivity index (χ0v) is 25.8. The molecule has 5 rings (SSSR count). The molecule has 0 saturated carbocycles. The minimum atomic E-state index is -1.84. The summed E-state index contributed by atoms with van der Waals surface area (Å²) in [4.78, 5) is 54.2. The van der Waals surface area contributed by atoms with Crippen molar-refractivity contribution < 1.29 is 23.9 Å². The Morgan fingerprint density at radius 2 is 1.66 bits per heavy atom. The van der Waals surface area contributed by atoms with Gasteiger partial charge in [-0.15, -0.1) is 16.4 Å². The van der Waals surface area contributed by atoms with Crippen molar-refractivity contribution >= 4 is 49.9 Å². The van der Waals surface area contributed by atoms with Crippen LogP contribution in [0.4, 0.5) is 0 Å². The Hall–Kier alpha value is -4.70. The van der Waals surface area contributed by atoms with Crippen LogP contribution in [0.2, 0.25) is 0 Å². The molecular formula is C34H33N3O6S. The fourth-order valence-electron chi connectivity index (χ4n) is 4.89. The van der Waals surface area contributed by atoms with E-state index in [1.54, 1.807) is 51.1 Å². The number of hydrogen-bond donors (Lipinski definition) is 0. The molecule has 5 aromatic rings. The second-order valence-electron chi connectivity index (χ2n) is 11.7. The maximum Gasteiger partial charge on any atom is 0.320 e. The van der Waals surface area contributed by atoms with E-state index in [0.29, 0.717) is 28.1 Å². The lowest BCUT2D eigenvalue weighted by molar-refractivity contribution is -0.170. The fourth-order valence-corrected chi connectivity index (χ4v) is 5.92. The number of aryl methyl sites for hydroxylation is 1. The lowest BCUT2D eigenvalue weighted by atomic mass is 9.75. The molecule has 10 heteroatoms. The number of rotatable bonds is 11. The van der Waals surface area contributed by atoms with Gasteiger partial charge in [-0.2, -0.15) is 0 Å². The van der Waals surface area contributed by atoms with Gasteiger partial charge in [0.25, 0.3) is 5.56 Å². The Bertz CT molecular complexity index is 1910. The lowest BCUT2D eigenvalue weighted by Crippen LogP contribution is -2.45. The fraction of sp³-hybridized carbons (Fsp3) is 0.294. The van der Waals surface area contributed by atoms with Gasteiger partial charge in [-0.3, -0.25) is 19.2 Å². The molecule has 0 aliphatic heterocycles. The monoisotopic (exact) mass is 611 g/mol. The highest BCUT2D eigenvalue weighted by Gasteiger charge is 2.48. The first-order valence-electron chi connectivity index (χ1n) is 14.3. The van der Waals surface area contributed by atoms with Crippen LogP contribution >= 0.6 is 11.3 Å². The summed E-state index contributed by atoms with van der Waals surface area (Å²) in [5.74, 6) is -1.06. The predicted molar refractivity (Wildman–Crippen MR) is 169 cm³/mol. The quantitative estimate of drug-likeness (QED) is 0.0990. The molecule has 0 aliphatic rings. The molecule has 0 saturated heterocycles. The number of benzene rings is 3. The zero-order chi connectivity index (χ0) is 31.5. The highest BCUT2D eigenvalue weighted by molar-refractivity contribution is 7.20. The van der Waals surface area contributed by atoms with E-state index in [2.05, 4.69) is 10.3 Å². The van der Waals surface area contributed by atoms with Crippen molar-refractivity contribution in [2.75, 3.05) is 0 Å². The number of hydrogen-bond acceptors (Lipinski definition) is 9. The number of fused-ring (bicyclic) bond motifs is 2. The molecule has 0 N–H and O–H groups in total. The first kappa shape index (κ1) is 30.7. The molecule has 0 spiro atoms. The second kappa shape index (κ2) is 12.5. The van der Waals surface area contributed by atoms with Crippen molar-refractivity contribution in [1.29, 1.82) is 0 Å². The number of carbonyl (C=O) groups excluding carboxylic acids is 3. The van der Waals surface area contributed by atoms with E-state index in [4.69, 9.17) is 9.47 Å². The van der Waals surface area contributed by atoms with E-state index in [9.17, 15) is 19.2 Å². The number of thiophene rings is 1. The Kier molecular flexibility index (Phi) is 8.73. The molecule has 3 aromatic carbocycles. The summed E-state index contributed by atoms with van der Waals surface area (Å²) < 4.78 is 13.6. The maximum absolute atomic E-state index is 13.8. The SMILES string of the molecule is CC(=O)C(CCn1nnc2ccccc2c1=O)(CC(=O)c1cc2ccc(OCc3ccccc3)cc2s1)C(=O)OC(C)(C)C. The number of ketones is 2. The minimum Gasteiger partial charge on any atom is -0.489 e. The summed E-state index contributed by atoms with van der Waals surface area (Å²) in [6.07, 6.45) is -0.588. The van der Waals surface area contributed by atoms with E-state index >= 15 is 0 Å². The van der Waals surface area contributed by atoms with Gasteiger partial charge in [0, 0.05) is 17.7 Å². The number of nitrogens with zero attached hydrogens (tertiary/aromatic N) is 3. The summed E-state index contributed by atoms with van der Waals surface area (Å²) in [5.41, 5.74) is -1.68. The van der Waals surface area contributed by atoms with Gasteiger partial charge in [-0.1, -0.05) is 47.7 Å². The normalized spacial score (nSPS) is 13.0. The van der Waals surface area contributed by atoms with Crippen LogP contribution in [0.1, 0.15) is 55.8 Å². The third kappa shape index (κ3) is 6.75. The van der Waals surface area contributed by atoms with Crippen molar-refractivity contribution in [2.24, 2.45) is 5.41 Å². The summed E-state index contributed by atoms with van der Waals surface area (Å²) in [6.45, 7) is 6.65. The lowest BCUT2D eigenvalue weighted by Gasteiger charge is -2.32. The Morgan fingerprint density at radius 3 is 2.39 bits per heavy atom. The van der Waals surface area contributed by atoms with Crippen LogP contribution in [0.15, 0.2) is 83.7 Å². The van der Waals surface area contributed by atoms with Gasteiger partial charge in [-0.05, 0) is 81.5 Å². The molecule has 9 nitrogen and oxygen atoms in total. The highest BCUT2D eigenvalue weighted by Crippen LogP contribution is 2.37. The second-order valence-corrected chi connectivity index (χ2v) is 12.8. The van der Waals surface area contributed by atoms with E-state index < -0.39 is 34.7 Å². The van der Waals surface area contributed by atoms with Gasteiger partial charge in [0.15, 0.2) is 5.78 Å². The summed E-state index contributed by atoms with van der Waals surface area (Å²) in [6, 6.07) is 23.9. The van der Waals surface area contributed by atoms with Gasteiger partial charge >= 0.3 is 5.97 Å². The molecule has 44 heavy (non-hydrogen) atoms. The van der Waals surface area contributed by atoms with Crippen molar-refractivity contribution in [1.82, 2.24) is 15.0 Å². The van der Waals surface area contributed by atoms with Crippen molar-refractivity contribution in [3.05, 3.63) is 99.7 Å². The van der Waals surface area contributed by atoms with Gasteiger partial charge < -0.3 is 9.47 Å². The van der Waals surface area contributed by atoms with Crippen LogP contribution < -0.4 is 10.3 Å². The van der Waals surface area contributed by atoms with Crippen LogP contribution in [-0.4, -0.2) is 38.1 Å². The average molecular weight is 612 g/mol. The Balaban J connectivity index is 1.42. The Labute approximate surface area is 258 Å². The molecule has 2 aromatic heterocycles. The van der Waals surface area contributed by atoms with Crippen molar-refractivity contribution in [3.63, 3.8) is 0 Å². The zero-order valence-electron chi connectivity index (χ0n) is 25.0. The standard InChI is InChI=1S/C34H33N3O6S/c1-22(38)34(32(41)43-33(2,3)4,16-17-37-31(40)26-12-8-9-13-27(26)35-36-37)20-28(39)30-18-24-14-15-25(19-29(24)44-30)42-21-23-10-6-5-7-11-23/h5-15,18-19H,16-17,20-21H2,1-4H3. The van der Waals surface area contributed by atoms with E-state index in [1.807, 2.05) is 48.5 Å². The average Bonchev–Trinajstić information content (AvgIpc) is 3.42. The summed E-state index contributed by atoms with van der Waals surface area (Å²) >= 11 is 1.27. The number of aromatic nitrogens is 3. The molecular weight excluding hydrogens is 578 g/mol. The molecule has 1 unspecified atom stereocenters. The van der Waals surface area contributed by atoms with Gasteiger partial charge in [0.1, 0.15) is 34.7 Å². The number of ether oxygens (including phenoxy) is 2. The summed E-state index contributed by atoms with van der Waals surface area (Å²) in [7, 11) is 0. The predicted octanol–water partition coefficient (Wildman–Crippen LogP) is 6.17. The van der Waals surface area contributed by atoms with Crippen LogP contribution in [0.5, 0.6) is 5.75 Å². The highest BCUT2D eigenvalue weighted by atomic mass is 32.1. The Morgan fingerprint density at radius 1 is 0.932 bits per heavy atom. The molecule has 2 heterocycles. The van der Waals surface area contributed by atoms with E-state index in [1.165, 1.54) is 18.3 Å². The first-order valence-corrected chi connectivity index (χ1v) is 15.1. The first-order chi connectivity index (χ1) is 20.9. The summed E-state index contributed by atoms with van der Waals surface area (Å²) in [5, 5.41) is 9.31. The van der Waals surface area contributed by atoms with Crippen LogP contribution in [0, 0.1) is 5.41 Å².